The fraction of sp³-hybridized carbons (Fsp3) is 0.154. The summed E-state index contributed by atoms with van der Waals surface area (Å²) in [5.74, 6) is 0.470. The van der Waals surface area contributed by atoms with E-state index in [9.17, 15) is 0 Å². The SMILES string of the molecule is COc1ncc(-c2ccccc2C)cc1N. The van der Waals surface area contributed by atoms with Gasteiger partial charge in [0.15, 0.2) is 0 Å². The van der Waals surface area contributed by atoms with Crippen LogP contribution in [0.15, 0.2) is 36.5 Å². The van der Waals surface area contributed by atoms with Gasteiger partial charge in [-0.15, -0.1) is 0 Å². The lowest BCUT2D eigenvalue weighted by Gasteiger charge is -2.08. The van der Waals surface area contributed by atoms with E-state index in [0.29, 0.717) is 11.6 Å². The van der Waals surface area contributed by atoms with Crippen molar-refractivity contribution >= 4 is 5.69 Å². The highest BCUT2D eigenvalue weighted by molar-refractivity contribution is 5.70. The number of benzene rings is 1. The van der Waals surface area contributed by atoms with Crippen molar-refractivity contribution in [3.8, 4) is 17.0 Å². The van der Waals surface area contributed by atoms with Crippen LogP contribution in [-0.4, -0.2) is 12.1 Å². The molecule has 0 unspecified atom stereocenters. The van der Waals surface area contributed by atoms with Crippen molar-refractivity contribution in [1.29, 1.82) is 0 Å². The zero-order chi connectivity index (χ0) is 11.5. The maximum Gasteiger partial charge on any atom is 0.236 e. The second-order valence-corrected chi connectivity index (χ2v) is 3.64. The van der Waals surface area contributed by atoms with E-state index < -0.39 is 0 Å². The summed E-state index contributed by atoms with van der Waals surface area (Å²) < 4.78 is 5.03. The van der Waals surface area contributed by atoms with Crippen molar-refractivity contribution in [3.05, 3.63) is 42.1 Å². The largest absolute Gasteiger partial charge is 0.480 e. The standard InChI is InChI=1S/C13H14N2O/c1-9-5-3-4-6-11(9)10-7-12(14)13(16-2)15-8-10/h3-8H,14H2,1-2H3. The minimum atomic E-state index is 0.470. The van der Waals surface area contributed by atoms with E-state index in [2.05, 4.69) is 24.0 Å². The van der Waals surface area contributed by atoms with Crippen LogP contribution in [0.25, 0.3) is 11.1 Å². The van der Waals surface area contributed by atoms with Gasteiger partial charge in [-0.25, -0.2) is 4.98 Å². The molecule has 0 amide bonds. The molecule has 82 valence electrons. The monoisotopic (exact) mass is 214 g/mol. The van der Waals surface area contributed by atoms with Crippen LogP contribution in [0.1, 0.15) is 5.56 Å². The molecule has 0 aliphatic heterocycles. The first-order chi connectivity index (χ1) is 7.72. The number of rotatable bonds is 2. The maximum absolute atomic E-state index is 5.83. The number of nitrogen functional groups attached to an aromatic ring is 1. The molecule has 0 aliphatic rings. The first kappa shape index (κ1) is 10.5. The lowest BCUT2D eigenvalue weighted by molar-refractivity contribution is 0.400. The van der Waals surface area contributed by atoms with Crippen molar-refractivity contribution in [1.82, 2.24) is 4.98 Å². The van der Waals surface area contributed by atoms with E-state index in [1.165, 1.54) is 5.56 Å². The molecular formula is C13H14N2O. The van der Waals surface area contributed by atoms with E-state index in [0.717, 1.165) is 11.1 Å². The summed E-state index contributed by atoms with van der Waals surface area (Å²) in [6.07, 6.45) is 1.78. The fourth-order valence-electron chi connectivity index (χ4n) is 1.68. The van der Waals surface area contributed by atoms with Gasteiger partial charge in [0.25, 0.3) is 0 Å². The van der Waals surface area contributed by atoms with E-state index >= 15 is 0 Å². The van der Waals surface area contributed by atoms with Crippen molar-refractivity contribution < 1.29 is 4.74 Å². The Kier molecular flexibility index (Phi) is 2.77. The van der Waals surface area contributed by atoms with E-state index in [1.807, 2.05) is 18.2 Å². The van der Waals surface area contributed by atoms with E-state index in [4.69, 9.17) is 10.5 Å². The van der Waals surface area contributed by atoms with Crippen LogP contribution >= 0.6 is 0 Å². The molecular weight excluding hydrogens is 200 g/mol. The van der Waals surface area contributed by atoms with Crippen molar-refractivity contribution in [3.63, 3.8) is 0 Å². The minimum absolute atomic E-state index is 0.470. The van der Waals surface area contributed by atoms with Crippen molar-refractivity contribution in [2.45, 2.75) is 6.92 Å². The Morgan fingerprint density at radius 2 is 2.00 bits per heavy atom. The van der Waals surface area contributed by atoms with Gasteiger partial charge in [0.05, 0.1) is 12.8 Å². The highest BCUT2D eigenvalue weighted by Crippen LogP contribution is 2.27. The number of nitrogens with zero attached hydrogens (tertiary/aromatic N) is 1. The normalized spacial score (nSPS) is 10.1. The first-order valence-corrected chi connectivity index (χ1v) is 5.08. The van der Waals surface area contributed by atoms with Gasteiger partial charge >= 0.3 is 0 Å². The third-order valence-corrected chi connectivity index (χ3v) is 2.53. The van der Waals surface area contributed by atoms with Gasteiger partial charge in [0, 0.05) is 11.8 Å². The van der Waals surface area contributed by atoms with Gasteiger partial charge in [-0.2, -0.15) is 0 Å². The summed E-state index contributed by atoms with van der Waals surface area (Å²) in [6, 6.07) is 10.0. The number of pyridine rings is 1. The molecule has 0 atom stereocenters. The molecule has 0 spiro atoms. The zero-order valence-corrected chi connectivity index (χ0v) is 9.40. The average molecular weight is 214 g/mol. The van der Waals surface area contributed by atoms with Crippen LogP contribution in [0.5, 0.6) is 5.88 Å². The van der Waals surface area contributed by atoms with Gasteiger partial charge in [0.1, 0.15) is 0 Å². The van der Waals surface area contributed by atoms with Crippen molar-refractivity contribution in [2.75, 3.05) is 12.8 Å². The Morgan fingerprint density at radius 1 is 1.25 bits per heavy atom. The number of ether oxygens (including phenoxy) is 1. The molecule has 1 heterocycles. The number of aromatic nitrogens is 1. The van der Waals surface area contributed by atoms with Crippen LogP contribution < -0.4 is 10.5 Å². The Labute approximate surface area is 94.9 Å². The van der Waals surface area contributed by atoms with Gasteiger partial charge in [-0.1, -0.05) is 24.3 Å². The van der Waals surface area contributed by atoms with Gasteiger partial charge in [-0.3, -0.25) is 0 Å². The molecule has 2 rings (SSSR count). The molecule has 2 aromatic rings. The van der Waals surface area contributed by atoms with Gasteiger partial charge in [-0.05, 0) is 24.1 Å². The summed E-state index contributed by atoms with van der Waals surface area (Å²) in [5, 5.41) is 0. The summed E-state index contributed by atoms with van der Waals surface area (Å²) in [7, 11) is 1.56. The summed E-state index contributed by atoms with van der Waals surface area (Å²) in [5.41, 5.74) is 9.75. The molecule has 0 saturated heterocycles. The molecule has 0 saturated carbocycles. The third-order valence-electron chi connectivity index (χ3n) is 2.53. The Hall–Kier alpha value is -2.03. The first-order valence-electron chi connectivity index (χ1n) is 5.08. The predicted molar refractivity (Wildman–Crippen MR) is 65.4 cm³/mol. The molecule has 1 aromatic carbocycles. The molecule has 3 nitrogen and oxygen atoms in total. The number of anilines is 1. The molecule has 0 radical (unpaired) electrons. The van der Waals surface area contributed by atoms with Gasteiger partial charge in [0.2, 0.25) is 5.88 Å². The number of hydrogen-bond donors (Lipinski definition) is 1. The molecule has 2 N–H and O–H groups in total. The fourth-order valence-corrected chi connectivity index (χ4v) is 1.68. The lowest BCUT2D eigenvalue weighted by atomic mass is 10.0. The smallest absolute Gasteiger partial charge is 0.236 e. The number of aryl methyl sites for hydroxylation is 1. The average Bonchev–Trinajstić information content (AvgIpc) is 2.29. The van der Waals surface area contributed by atoms with Crippen LogP contribution in [0.3, 0.4) is 0 Å². The molecule has 0 aliphatic carbocycles. The third kappa shape index (κ3) is 1.84. The number of nitrogens with two attached hydrogens (primary N) is 1. The highest BCUT2D eigenvalue weighted by atomic mass is 16.5. The van der Waals surface area contributed by atoms with Gasteiger partial charge < -0.3 is 10.5 Å². The van der Waals surface area contributed by atoms with Crippen LogP contribution in [0.4, 0.5) is 5.69 Å². The summed E-state index contributed by atoms with van der Waals surface area (Å²) >= 11 is 0. The summed E-state index contributed by atoms with van der Waals surface area (Å²) in [4.78, 5) is 4.17. The Bertz CT molecular complexity index is 509. The topological polar surface area (TPSA) is 48.1 Å². The molecule has 3 heteroatoms. The second kappa shape index (κ2) is 4.23. The van der Waals surface area contributed by atoms with Crippen LogP contribution in [0.2, 0.25) is 0 Å². The molecule has 0 fully saturated rings. The van der Waals surface area contributed by atoms with Crippen LogP contribution in [0, 0.1) is 6.92 Å². The Morgan fingerprint density at radius 3 is 2.62 bits per heavy atom. The lowest BCUT2D eigenvalue weighted by Crippen LogP contribution is -1.96. The maximum atomic E-state index is 5.83. The zero-order valence-electron chi connectivity index (χ0n) is 9.40. The number of hydrogen-bond acceptors (Lipinski definition) is 3. The summed E-state index contributed by atoms with van der Waals surface area (Å²) in [6.45, 7) is 2.07. The Balaban J connectivity index is 2.50. The molecule has 16 heavy (non-hydrogen) atoms. The van der Waals surface area contributed by atoms with E-state index in [-0.39, 0.29) is 0 Å². The predicted octanol–water partition coefficient (Wildman–Crippen LogP) is 2.65. The number of methoxy groups -OCH3 is 1. The quantitative estimate of drug-likeness (QED) is 0.836. The second-order valence-electron chi connectivity index (χ2n) is 3.64. The van der Waals surface area contributed by atoms with E-state index in [1.54, 1.807) is 13.3 Å². The minimum Gasteiger partial charge on any atom is -0.480 e. The van der Waals surface area contributed by atoms with Crippen molar-refractivity contribution in [2.24, 2.45) is 0 Å². The highest BCUT2D eigenvalue weighted by Gasteiger charge is 2.05. The molecule has 0 bridgehead atoms. The molecule has 1 aromatic heterocycles. The van der Waals surface area contributed by atoms with Crippen LogP contribution in [-0.2, 0) is 0 Å².